The molecule has 2 aliphatic heterocycles. The molecule has 2 atom stereocenters. The van der Waals surface area contributed by atoms with Crippen molar-refractivity contribution in [3.63, 3.8) is 0 Å². The van der Waals surface area contributed by atoms with Gasteiger partial charge in [-0.15, -0.1) is 11.6 Å². The van der Waals surface area contributed by atoms with E-state index in [0.717, 1.165) is 32.5 Å². The average Bonchev–Trinajstić information content (AvgIpc) is 2.78. The highest BCUT2D eigenvalue weighted by atomic mass is 35.5. The van der Waals surface area contributed by atoms with E-state index in [1.165, 1.54) is 0 Å². The molecule has 0 saturated carbocycles. The van der Waals surface area contributed by atoms with Crippen LogP contribution >= 0.6 is 11.6 Å². The smallest absolute Gasteiger partial charge is 0.410 e. The van der Waals surface area contributed by atoms with Gasteiger partial charge in [0.15, 0.2) is 0 Å². The summed E-state index contributed by atoms with van der Waals surface area (Å²) in [6.07, 6.45) is 2.33. The van der Waals surface area contributed by atoms with Crippen LogP contribution < -0.4 is 0 Å². The van der Waals surface area contributed by atoms with Gasteiger partial charge in [-0.1, -0.05) is 0 Å². The molecule has 0 aromatic carbocycles. The third-order valence-electron chi connectivity index (χ3n) is 4.16. The van der Waals surface area contributed by atoms with E-state index < -0.39 is 5.60 Å². The van der Waals surface area contributed by atoms with Crippen molar-refractivity contribution in [1.82, 2.24) is 9.80 Å². The average molecular weight is 331 g/mol. The van der Waals surface area contributed by atoms with Gasteiger partial charge in [-0.25, -0.2) is 4.79 Å². The van der Waals surface area contributed by atoms with Crippen molar-refractivity contribution in [3.05, 3.63) is 0 Å². The topological polar surface area (TPSA) is 49.9 Å². The largest absolute Gasteiger partial charge is 0.444 e. The zero-order valence-electron chi connectivity index (χ0n) is 13.8. The second-order valence-electron chi connectivity index (χ2n) is 7.46. The lowest BCUT2D eigenvalue weighted by Crippen LogP contribution is -2.45. The van der Waals surface area contributed by atoms with Gasteiger partial charge in [-0.2, -0.15) is 0 Å². The van der Waals surface area contributed by atoms with Gasteiger partial charge < -0.3 is 14.5 Å². The number of rotatable bonds is 3. The summed E-state index contributed by atoms with van der Waals surface area (Å²) < 4.78 is 5.44. The number of hydrogen-bond acceptors (Lipinski definition) is 3. The second kappa shape index (κ2) is 7.07. The number of carbonyl (C=O) groups excluding carboxylic acids is 2. The second-order valence-corrected chi connectivity index (χ2v) is 7.77. The number of likely N-dealkylation sites (tertiary alicyclic amines) is 2. The van der Waals surface area contributed by atoms with Crippen LogP contribution in [0.15, 0.2) is 0 Å². The van der Waals surface area contributed by atoms with E-state index in [0.29, 0.717) is 24.8 Å². The summed E-state index contributed by atoms with van der Waals surface area (Å²) in [4.78, 5) is 27.8. The van der Waals surface area contributed by atoms with Crippen molar-refractivity contribution in [1.29, 1.82) is 0 Å². The van der Waals surface area contributed by atoms with Crippen LogP contribution in [0.25, 0.3) is 0 Å². The molecule has 0 N–H and O–H groups in total. The summed E-state index contributed by atoms with van der Waals surface area (Å²) in [6, 6.07) is 0. The van der Waals surface area contributed by atoms with Crippen LogP contribution in [-0.2, 0) is 9.53 Å². The minimum Gasteiger partial charge on any atom is -0.444 e. The Labute approximate surface area is 137 Å². The van der Waals surface area contributed by atoms with Gasteiger partial charge in [0.25, 0.3) is 0 Å². The predicted octanol–water partition coefficient (Wildman–Crippen LogP) is 2.72. The zero-order chi connectivity index (χ0) is 16.3. The van der Waals surface area contributed by atoms with Crippen molar-refractivity contribution in [2.45, 2.75) is 45.6 Å². The number of nitrogens with zero attached hydrogens (tertiary/aromatic N) is 2. The molecule has 126 valence electrons. The first-order chi connectivity index (χ1) is 10.3. The van der Waals surface area contributed by atoms with E-state index in [1.54, 1.807) is 4.90 Å². The SMILES string of the molecule is CC(C)(C)OC(=O)N1CCCC(CN2CC(CCl)CC2=O)C1. The van der Waals surface area contributed by atoms with Crippen LogP contribution in [0, 0.1) is 11.8 Å². The number of hydrogen-bond donors (Lipinski definition) is 0. The maximum atomic E-state index is 12.2. The maximum Gasteiger partial charge on any atom is 0.410 e. The summed E-state index contributed by atoms with van der Waals surface area (Å²) in [5, 5.41) is 0. The molecule has 0 aromatic heterocycles. The third kappa shape index (κ3) is 4.77. The Morgan fingerprint density at radius 2 is 2.05 bits per heavy atom. The van der Waals surface area contributed by atoms with Gasteiger partial charge in [-0.05, 0) is 45.4 Å². The highest BCUT2D eigenvalue weighted by molar-refractivity contribution is 6.18. The molecule has 6 heteroatoms. The summed E-state index contributed by atoms with van der Waals surface area (Å²) in [7, 11) is 0. The van der Waals surface area contributed by atoms with E-state index >= 15 is 0 Å². The molecule has 5 nitrogen and oxygen atoms in total. The number of carbonyl (C=O) groups is 2. The Kier molecular flexibility index (Phi) is 5.59. The molecule has 2 heterocycles. The van der Waals surface area contributed by atoms with Crippen LogP contribution in [0.5, 0.6) is 0 Å². The van der Waals surface area contributed by atoms with Crippen LogP contribution in [0.3, 0.4) is 0 Å². The van der Waals surface area contributed by atoms with Crippen molar-refractivity contribution in [2.75, 3.05) is 32.1 Å². The maximum absolute atomic E-state index is 12.2. The highest BCUT2D eigenvalue weighted by Crippen LogP contribution is 2.24. The van der Waals surface area contributed by atoms with Crippen LogP contribution in [0.1, 0.15) is 40.0 Å². The number of amides is 2. The van der Waals surface area contributed by atoms with Crippen molar-refractivity contribution < 1.29 is 14.3 Å². The fourth-order valence-electron chi connectivity index (χ4n) is 3.15. The van der Waals surface area contributed by atoms with Crippen LogP contribution in [0.4, 0.5) is 4.79 Å². The third-order valence-corrected chi connectivity index (χ3v) is 4.60. The molecule has 0 bridgehead atoms. The zero-order valence-corrected chi connectivity index (χ0v) is 14.6. The molecule has 22 heavy (non-hydrogen) atoms. The molecule has 0 aromatic rings. The van der Waals surface area contributed by atoms with Gasteiger partial charge in [0.1, 0.15) is 5.60 Å². The lowest BCUT2D eigenvalue weighted by Gasteiger charge is -2.35. The molecule has 0 aliphatic carbocycles. The Balaban J connectivity index is 1.86. The molecule has 0 radical (unpaired) electrons. The van der Waals surface area contributed by atoms with Crippen LogP contribution in [0.2, 0.25) is 0 Å². The standard InChI is InChI=1S/C16H27ClN2O3/c1-16(2,3)22-15(21)18-6-4-5-12(9-18)10-19-11-13(8-17)7-14(19)20/h12-13H,4-11H2,1-3H3. The first kappa shape index (κ1) is 17.4. The van der Waals surface area contributed by atoms with Gasteiger partial charge in [0.05, 0.1) is 0 Å². The lowest BCUT2D eigenvalue weighted by atomic mass is 9.98. The van der Waals surface area contributed by atoms with Gasteiger partial charge >= 0.3 is 6.09 Å². The Morgan fingerprint density at radius 3 is 2.64 bits per heavy atom. The van der Waals surface area contributed by atoms with Gasteiger partial charge in [-0.3, -0.25) is 4.79 Å². The highest BCUT2D eigenvalue weighted by Gasteiger charge is 2.33. The number of piperidine rings is 1. The Hall–Kier alpha value is -0.970. The normalized spacial score (nSPS) is 26.5. The number of halogens is 1. The van der Waals surface area contributed by atoms with Gasteiger partial charge in [0.2, 0.25) is 5.91 Å². The van der Waals surface area contributed by atoms with E-state index in [2.05, 4.69) is 0 Å². The minimum atomic E-state index is -0.470. The molecule has 2 saturated heterocycles. The molecule has 2 unspecified atom stereocenters. The molecule has 2 aliphatic rings. The minimum absolute atomic E-state index is 0.194. The Morgan fingerprint density at radius 1 is 1.32 bits per heavy atom. The van der Waals surface area contributed by atoms with Gasteiger partial charge in [0, 0.05) is 38.5 Å². The quantitative estimate of drug-likeness (QED) is 0.748. The van der Waals surface area contributed by atoms with E-state index in [4.69, 9.17) is 16.3 Å². The van der Waals surface area contributed by atoms with Crippen molar-refractivity contribution in [3.8, 4) is 0 Å². The first-order valence-corrected chi connectivity index (χ1v) is 8.63. The fourth-order valence-corrected chi connectivity index (χ4v) is 3.36. The fraction of sp³-hybridized carbons (Fsp3) is 0.875. The van der Waals surface area contributed by atoms with Crippen molar-refractivity contribution in [2.24, 2.45) is 11.8 Å². The molecule has 2 amide bonds. The monoisotopic (exact) mass is 330 g/mol. The van der Waals surface area contributed by atoms with E-state index in [9.17, 15) is 9.59 Å². The van der Waals surface area contributed by atoms with Crippen molar-refractivity contribution >= 4 is 23.6 Å². The van der Waals surface area contributed by atoms with Crippen LogP contribution in [-0.4, -0.2) is 59.5 Å². The molecular weight excluding hydrogens is 304 g/mol. The summed E-state index contributed by atoms with van der Waals surface area (Å²) >= 11 is 5.86. The first-order valence-electron chi connectivity index (χ1n) is 8.10. The molecule has 0 spiro atoms. The van der Waals surface area contributed by atoms with E-state index in [-0.39, 0.29) is 17.9 Å². The summed E-state index contributed by atoms with van der Waals surface area (Å²) in [5.41, 5.74) is -0.470. The van der Waals surface area contributed by atoms with E-state index in [1.807, 2.05) is 25.7 Å². The lowest BCUT2D eigenvalue weighted by molar-refractivity contribution is -0.128. The Bertz CT molecular complexity index is 422. The number of alkyl halides is 1. The summed E-state index contributed by atoms with van der Waals surface area (Å²) in [6.45, 7) is 8.52. The molecule has 2 fully saturated rings. The number of ether oxygens (including phenoxy) is 1. The molecular formula is C16H27ClN2O3. The summed E-state index contributed by atoms with van der Waals surface area (Å²) in [5.74, 6) is 1.34. The predicted molar refractivity (Wildman–Crippen MR) is 85.9 cm³/mol. The molecule has 2 rings (SSSR count).